The van der Waals surface area contributed by atoms with Crippen LogP contribution < -0.4 is 24.3 Å². The van der Waals surface area contributed by atoms with E-state index in [9.17, 15) is 9.90 Å². The van der Waals surface area contributed by atoms with Crippen LogP contribution in [0.25, 0.3) is 0 Å². The van der Waals surface area contributed by atoms with E-state index in [2.05, 4.69) is 12.2 Å². The van der Waals surface area contributed by atoms with Crippen molar-refractivity contribution in [2.45, 2.75) is 57.3 Å². The lowest BCUT2D eigenvalue weighted by atomic mass is 9.77. The van der Waals surface area contributed by atoms with E-state index in [4.69, 9.17) is 23.7 Å². The van der Waals surface area contributed by atoms with Crippen LogP contribution in [0.3, 0.4) is 0 Å². The SMILES string of the molecule is CCCOC1CC(C[C@@H](NC(=O)CCOc2ccc(OC)cc2)C(O)c2ccc3c(c2)OCCO3)C1. The van der Waals surface area contributed by atoms with Crippen LogP contribution in [0.1, 0.15) is 50.7 Å². The Morgan fingerprint density at radius 3 is 2.50 bits per heavy atom. The lowest BCUT2D eigenvalue weighted by Crippen LogP contribution is -2.44. The minimum absolute atomic E-state index is 0.164. The number of rotatable bonds is 13. The van der Waals surface area contributed by atoms with Gasteiger partial charge < -0.3 is 34.1 Å². The Morgan fingerprint density at radius 2 is 1.78 bits per heavy atom. The van der Waals surface area contributed by atoms with Gasteiger partial charge in [-0.15, -0.1) is 0 Å². The van der Waals surface area contributed by atoms with E-state index >= 15 is 0 Å². The number of carbonyl (C=O) groups is 1. The fraction of sp³-hybridized carbons (Fsp3) is 0.536. The van der Waals surface area contributed by atoms with Crippen LogP contribution in [0.2, 0.25) is 0 Å². The van der Waals surface area contributed by atoms with Crippen LogP contribution in [-0.2, 0) is 9.53 Å². The molecular weight excluding hydrogens is 462 g/mol. The summed E-state index contributed by atoms with van der Waals surface area (Å²) in [4.78, 5) is 12.8. The molecule has 1 saturated carbocycles. The van der Waals surface area contributed by atoms with Gasteiger partial charge in [-0.3, -0.25) is 4.79 Å². The van der Waals surface area contributed by atoms with Gasteiger partial charge in [0, 0.05) is 6.61 Å². The maximum atomic E-state index is 12.8. The van der Waals surface area contributed by atoms with E-state index in [0.29, 0.717) is 48.4 Å². The fourth-order valence-corrected chi connectivity index (χ4v) is 4.60. The number of benzene rings is 2. The molecule has 36 heavy (non-hydrogen) atoms. The molecule has 1 amide bonds. The number of amides is 1. The number of methoxy groups -OCH3 is 1. The van der Waals surface area contributed by atoms with Crippen LogP contribution in [0.4, 0.5) is 0 Å². The van der Waals surface area contributed by atoms with Crippen molar-refractivity contribution in [1.82, 2.24) is 5.32 Å². The Bertz CT molecular complexity index is 974. The van der Waals surface area contributed by atoms with Gasteiger partial charge in [0.25, 0.3) is 0 Å². The molecule has 0 aromatic heterocycles. The van der Waals surface area contributed by atoms with Crippen molar-refractivity contribution < 1.29 is 33.6 Å². The molecule has 2 aromatic rings. The van der Waals surface area contributed by atoms with Crippen molar-refractivity contribution in [3.05, 3.63) is 48.0 Å². The molecule has 1 aliphatic heterocycles. The summed E-state index contributed by atoms with van der Waals surface area (Å²) in [6, 6.07) is 12.2. The highest BCUT2D eigenvalue weighted by molar-refractivity contribution is 5.76. The summed E-state index contributed by atoms with van der Waals surface area (Å²) in [7, 11) is 1.61. The largest absolute Gasteiger partial charge is 0.497 e. The molecule has 0 radical (unpaired) electrons. The predicted molar refractivity (Wildman–Crippen MR) is 135 cm³/mol. The third-order valence-electron chi connectivity index (χ3n) is 6.63. The van der Waals surface area contributed by atoms with Gasteiger partial charge in [-0.2, -0.15) is 0 Å². The molecule has 8 nitrogen and oxygen atoms in total. The topological polar surface area (TPSA) is 95.5 Å². The molecule has 1 heterocycles. The van der Waals surface area contributed by atoms with E-state index in [1.807, 2.05) is 24.3 Å². The molecule has 4 rings (SSSR count). The number of nitrogens with one attached hydrogen (secondary N) is 1. The Hall–Kier alpha value is -2.97. The normalized spacial score (nSPS) is 20.1. The Morgan fingerprint density at radius 1 is 1.06 bits per heavy atom. The molecule has 2 aliphatic rings. The van der Waals surface area contributed by atoms with E-state index in [1.54, 1.807) is 25.3 Å². The van der Waals surface area contributed by atoms with Gasteiger partial charge in [-0.25, -0.2) is 0 Å². The fourth-order valence-electron chi connectivity index (χ4n) is 4.60. The first-order valence-corrected chi connectivity index (χ1v) is 12.8. The van der Waals surface area contributed by atoms with Gasteiger partial charge in [-0.05, 0) is 73.6 Å². The zero-order valence-electron chi connectivity index (χ0n) is 21.1. The molecule has 1 aliphatic carbocycles. The van der Waals surface area contributed by atoms with Gasteiger partial charge in [-0.1, -0.05) is 13.0 Å². The lowest BCUT2D eigenvalue weighted by Gasteiger charge is -2.38. The Labute approximate surface area is 212 Å². The summed E-state index contributed by atoms with van der Waals surface area (Å²) in [5.74, 6) is 2.93. The first kappa shape index (κ1) is 26.1. The molecule has 2 N–H and O–H groups in total. The van der Waals surface area contributed by atoms with E-state index in [-0.39, 0.29) is 25.0 Å². The average Bonchev–Trinajstić information content (AvgIpc) is 2.89. The number of fused-ring (bicyclic) bond motifs is 1. The lowest BCUT2D eigenvalue weighted by molar-refractivity contribution is -0.123. The number of carbonyl (C=O) groups excluding carboxylic acids is 1. The first-order valence-electron chi connectivity index (χ1n) is 12.8. The summed E-state index contributed by atoms with van der Waals surface area (Å²) in [6.45, 7) is 4.09. The van der Waals surface area contributed by atoms with Gasteiger partial charge in [0.05, 0.1) is 38.4 Å². The highest BCUT2D eigenvalue weighted by Gasteiger charge is 2.35. The molecule has 1 unspecified atom stereocenters. The maximum absolute atomic E-state index is 12.8. The molecule has 0 bridgehead atoms. The maximum Gasteiger partial charge on any atom is 0.223 e. The smallest absolute Gasteiger partial charge is 0.223 e. The number of hydrogen-bond acceptors (Lipinski definition) is 7. The van der Waals surface area contributed by atoms with Crippen LogP contribution in [-0.4, -0.2) is 56.7 Å². The quantitative estimate of drug-likeness (QED) is 0.429. The number of ether oxygens (including phenoxy) is 5. The number of hydrogen-bond donors (Lipinski definition) is 2. The van der Waals surface area contributed by atoms with Crippen molar-refractivity contribution in [3.8, 4) is 23.0 Å². The monoisotopic (exact) mass is 499 g/mol. The van der Waals surface area contributed by atoms with Crippen LogP contribution in [0, 0.1) is 5.92 Å². The Kier molecular flexibility index (Phi) is 9.30. The van der Waals surface area contributed by atoms with Crippen molar-refractivity contribution in [1.29, 1.82) is 0 Å². The molecular formula is C28H37NO7. The van der Waals surface area contributed by atoms with Crippen LogP contribution in [0.5, 0.6) is 23.0 Å². The highest BCUT2D eigenvalue weighted by atomic mass is 16.6. The standard InChI is InChI=1S/C28H37NO7/c1-3-11-33-23-15-19(16-23)17-24(28(31)20-4-9-25-26(18-20)36-14-13-35-25)29-27(30)10-12-34-22-7-5-21(32-2)6-8-22/h4-9,18-19,23-24,28,31H,3,10-17H2,1-2H3,(H,29,30)/t19?,23?,24-,28?/m1/s1. The molecule has 1 fully saturated rings. The van der Waals surface area contributed by atoms with Crippen LogP contribution >= 0.6 is 0 Å². The zero-order valence-corrected chi connectivity index (χ0v) is 21.1. The Balaban J connectivity index is 1.35. The molecule has 196 valence electrons. The average molecular weight is 500 g/mol. The molecule has 2 atom stereocenters. The minimum atomic E-state index is -0.872. The second-order valence-electron chi connectivity index (χ2n) is 9.36. The van der Waals surface area contributed by atoms with Crippen molar-refractivity contribution in [2.75, 3.05) is 33.5 Å². The van der Waals surface area contributed by atoms with E-state index in [0.717, 1.165) is 31.6 Å². The van der Waals surface area contributed by atoms with Crippen LogP contribution in [0.15, 0.2) is 42.5 Å². The number of aliphatic hydroxyl groups excluding tert-OH is 1. The predicted octanol–water partition coefficient (Wildman–Crippen LogP) is 4.05. The van der Waals surface area contributed by atoms with E-state index < -0.39 is 12.1 Å². The summed E-state index contributed by atoms with van der Waals surface area (Å²) in [6.07, 6.45) is 3.15. The molecule has 2 aromatic carbocycles. The van der Waals surface area contributed by atoms with Gasteiger partial charge in [0.1, 0.15) is 24.7 Å². The van der Waals surface area contributed by atoms with Crippen molar-refractivity contribution in [2.24, 2.45) is 5.92 Å². The second-order valence-corrected chi connectivity index (χ2v) is 9.36. The van der Waals surface area contributed by atoms with E-state index in [1.165, 1.54) is 0 Å². The molecule has 0 saturated heterocycles. The molecule has 0 spiro atoms. The minimum Gasteiger partial charge on any atom is -0.497 e. The third kappa shape index (κ3) is 7.04. The summed E-state index contributed by atoms with van der Waals surface area (Å²) >= 11 is 0. The van der Waals surface area contributed by atoms with Gasteiger partial charge in [0.2, 0.25) is 5.91 Å². The van der Waals surface area contributed by atoms with Crippen molar-refractivity contribution >= 4 is 5.91 Å². The number of aliphatic hydroxyl groups is 1. The summed E-state index contributed by atoms with van der Waals surface area (Å²) < 4.78 is 28.0. The van der Waals surface area contributed by atoms with Crippen molar-refractivity contribution in [3.63, 3.8) is 0 Å². The summed E-state index contributed by atoms with van der Waals surface area (Å²) in [5, 5.41) is 14.3. The first-order chi connectivity index (χ1) is 17.6. The zero-order chi connectivity index (χ0) is 25.3. The summed E-state index contributed by atoms with van der Waals surface area (Å²) in [5.41, 5.74) is 0.692. The van der Waals surface area contributed by atoms with Gasteiger partial charge in [0.15, 0.2) is 11.5 Å². The van der Waals surface area contributed by atoms with Gasteiger partial charge >= 0.3 is 0 Å². The highest BCUT2D eigenvalue weighted by Crippen LogP contribution is 2.38. The third-order valence-corrected chi connectivity index (χ3v) is 6.63. The molecule has 8 heteroatoms. The second kappa shape index (κ2) is 12.8.